The van der Waals surface area contributed by atoms with E-state index in [-0.39, 0.29) is 6.61 Å². The van der Waals surface area contributed by atoms with Crippen LogP contribution in [-0.2, 0) is 0 Å². The van der Waals surface area contributed by atoms with Crippen LogP contribution in [0.4, 0.5) is 17.3 Å². The summed E-state index contributed by atoms with van der Waals surface area (Å²) in [5, 5.41) is 22.3. The monoisotopic (exact) mass is 272 g/mol. The predicted molar refractivity (Wildman–Crippen MR) is 72.7 cm³/mol. The fourth-order valence-corrected chi connectivity index (χ4v) is 1.68. The van der Waals surface area contributed by atoms with Gasteiger partial charge >= 0.3 is 0 Å². The molecule has 3 aromatic rings. The highest BCUT2D eigenvalue weighted by molar-refractivity contribution is 5.76. The van der Waals surface area contributed by atoms with Crippen molar-refractivity contribution in [1.82, 2.24) is 20.3 Å². The van der Waals surface area contributed by atoms with Gasteiger partial charge in [-0.2, -0.15) is 0 Å². The Bertz CT molecular complexity index is 699. The maximum atomic E-state index is 8.90. The standard InChI is InChI=1S/C12H12N6O2/c19-7-6-13-9-10(14-8-4-2-1-3-5-8)16-12-11(15-9)17-20-18-12/h1-5,19H,6-7H2,(H,13,15,17)(H,14,16,18). The van der Waals surface area contributed by atoms with Gasteiger partial charge in [-0.3, -0.25) is 0 Å². The topological polar surface area (TPSA) is 109 Å². The van der Waals surface area contributed by atoms with Crippen LogP contribution in [0.25, 0.3) is 11.3 Å². The summed E-state index contributed by atoms with van der Waals surface area (Å²) in [7, 11) is 0. The maximum Gasteiger partial charge on any atom is 0.245 e. The lowest BCUT2D eigenvalue weighted by Gasteiger charge is -2.10. The quantitative estimate of drug-likeness (QED) is 0.635. The third-order valence-electron chi connectivity index (χ3n) is 2.56. The molecule has 20 heavy (non-hydrogen) atoms. The molecule has 8 heteroatoms. The molecule has 1 aromatic carbocycles. The minimum absolute atomic E-state index is 0.0123. The number of aromatic nitrogens is 4. The van der Waals surface area contributed by atoms with E-state index in [4.69, 9.17) is 5.11 Å². The van der Waals surface area contributed by atoms with Crippen LogP contribution in [0.5, 0.6) is 0 Å². The van der Waals surface area contributed by atoms with Crippen LogP contribution < -0.4 is 10.6 Å². The molecule has 0 amide bonds. The van der Waals surface area contributed by atoms with Crippen molar-refractivity contribution in [2.45, 2.75) is 0 Å². The summed E-state index contributed by atoms with van der Waals surface area (Å²) < 4.78 is 4.60. The highest BCUT2D eigenvalue weighted by Gasteiger charge is 2.12. The number of hydrogen-bond acceptors (Lipinski definition) is 8. The van der Waals surface area contributed by atoms with Gasteiger partial charge in [-0.25, -0.2) is 14.6 Å². The first kappa shape index (κ1) is 12.3. The fourth-order valence-electron chi connectivity index (χ4n) is 1.68. The van der Waals surface area contributed by atoms with Crippen molar-refractivity contribution >= 4 is 28.6 Å². The van der Waals surface area contributed by atoms with Crippen LogP contribution in [0, 0.1) is 0 Å². The van der Waals surface area contributed by atoms with Crippen LogP contribution in [0.3, 0.4) is 0 Å². The smallest absolute Gasteiger partial charge is 0.245 e. The molecule has 0 aliphatic carbocycles. The van der Waals surface area contributed by atoms with Crippen LogP contribution in [0.15, 0.2) is 35.0 Å². The number of aliphatic hydroxyl groups is 1. The van der Waals surface area contributed by atoms with Gasteiger partial charge in [0.1, 0.15) is 0 Å². The molecule has 8 nitrogen and oxygen atoms in total. The van der Waals surface area contributed by atoms with E-state index in [9.17, 15) is 0 Å². The zero-order chi connectivity index (χ0) is 13.8. The van der Waals surface area contributed by atoms with E-state index in [1.807, 2.05) is 30.3 Å². The molecule has 2 aromatic heterocycles. The van der Waals surface area contributed by atoms with Crippen molar-refractivity contribution in [3.63, 3.8) is 0 Å². The normalized spacial score (nSPS) is 10.7. The molecule has 3 rings (SSSR count). The highest BCUT2D eigenvalue weighted by Crippen LogP contribution is 2.23. The van der Waals surface area contributed by atoms with Gasteiger partial charge in [-0.05, 0) is 22.4 Å². The van der Waals surface area contributed by atoms with Crippen LogP contribution in [0.1, 0.15) is 0 Å². The lowest BCUT2D eigenvalue weighted by molar-refractivity contribution is 0.311. The third-order valence-corrected chi connectivity index (χ3v) is 2.56. The lowest BCUT2D eigenvalue weighted by Crippen LogP contribution is -2.10. The average molecular weight is 272 g/mol. The molecule has 0 aliphatic rings. The number of anilines is 3. The Balaban J connectivity index is 1.97. The van der Waals surface area contributed by atoms with Gasteiger partial charge in [0.15, 0.2) is 11.6 Å². The number of benzene rings is 1. The van der Waals surface area contributed by atoms with Gasteiger partial charge in [0.05, 0.1) is 6.61 Å². The molecule has 0 saturated carbocycles. The number of nitrogens with one attached hydrogen (secondary N) is 2. The zero-order valence-electron chi connectivity index (χ0n) is 10.4. The Morgan fingerprint density at radius 2 is 1.70 bits per heavy atom. The van der Waals surface area contributed by atoms with Crippen molar-refractivity contribution in [2.24, 2.45) is 0 Å². The van der Waals surface area contributed by atoms with Gasteiger partial charge in [0, 0.05) is 12.2 Å². The second kappa shape index (κ2) is 5.49. The van der Waals surface area contributed by atoms with Gasteiger partial charge in [0.25, 0.3) is 0 Å². The minimum atomic E-state index is -0.0123. The number of nitrogens with zero attached hydrogens (tertiary/aromatic N) is 4. The second-order valence-corrected chi connectivity index (χ2v) is 3.97. The zero-order valence-corrected chi connectivity index (χ0v) is 10.4. The first-order chi connectivity index (χ1) is 9.86. The number of fused-ring (bicyclic) bond motifs is 1. The summed E-state index contributed by atoms with van der Waals surface area (Å²) >= 11 is 0. The molecular formula is C12H12N6O2. The molecule has 0 radical (unpaired) electrons. The first-order valence-electron chi connectivity index (χ1n) is 6.04. The molecule has 0 fully saturated rings. The third kappa shape index (κ3) is 2.50. The van der Waals surface area contributed by atoms with Crippen molar-refractivity contribution in [2.75, 3.05) is 23.8 Å². The Kier molecular flexibility index (Phi) is 3.38. The van der Waals surface area contributed by atoms with E-state index >= 15 is 0 Å². The molecule has 102 valence electrons. The van der Waals surface area contributed by atoms with E-state index < -0.39 is 0 Å². The molecule has 3 N–H and O–H groups in total. The van der Waals surface area contributed by atoms with Crippen LogP contribution >= 0.6 is 0 Å². The van der Waals surface area contributed by atoms with Gasteiger partial charge < -0.3 is 15.7 Å². The number of hydrogen-bond donors (Lipinski definition) is 3. The number of aliphatic hydroxyl groups excluding tert-OH is 1. The Morgan fingerprint density at radius 3 is 2.40 bits per heavy atom. The van der Waals surface area contributed by atoms with Crippen molar-refractivity contribution < 1.29 is 9.74 Å². The Hall–Kier alpha value is -2.74. The Labute approximate surface area is 113 Å². The number of para-hydroxylation sites is 1. The summed E-state index contributed by atoms with van der Waals surface area (Å²) in [5.74, 6) is 0.971. The molecule has 0 bridgehead atoms. The largest absolute Gasteiger partial charge is 0.395 e. The van der Waals surface area contributed by atoms with E-state index in [0.29, 0.717) is 29.5 Å². The Morgan fingerprint density at radius 1 is 1.00 bits per heavy atom. The van der Waals surface area contributed by atoms with Crippen LogP contribution in [0.2, 0.25) is 0 Å². The maximum absolute atomic E-state index is 8.90. The summed E-state index contributed by atoms with van der Waals surface area (Å²) in [6, 6.07) is 9.55. The van der Waals surface area contributed by atoms with Crippen LogP contribution in [-0.4, -0.2) is 38.5 Å². The second-order valence-electron chi connectivity index (χ2n) is 3.97. The van der Waals surface area contributed by atoms with Crippen molar-refractivity contribution in [3.05, 3.63) is 30.3 Å². The van der Waals surface area contributed by atoms with Gasteiger partial charge in [-0.15, -0.1) is 0 Å². The van der Waals surface area contributed by atoms with E-state index in [0.717, 1.165) is 5.69 Å². The fraction of sp³-hybridized carbons (Fsp3) is 0.167. The van der Waals surface area contributed by atoms with Crippen molar-refractivity contribution in [3.8, 4) is 0 Å². The molecule has 0 aliphatic heterocycles. The van der Waals surface area contributed by atoms with Gasteiger partial charge in [0.2, 0.25) is 11.3 Å². The van der Waals surface area contributed by atoms with E-state index in [1.54, 1.807) is 0 Å². The molecule has 0 saturated heterocycles. The number of rotatable bonds is 5. The van der Waals surface area contributed by atoms with E-state index in [1.165, 1.54) is 0 Å². The van der Waals surface area contributed by atoms with Gasteiger partial charge in [-0.1, -0.05) is 18.2 Å². The van der Waals surface area contributed by atoms with Crippen molar-refractivity contribution in [1.29, 1.82) is 0 Å². The molecule has 0 atom stereocenters. The predicted octanol–water partition coefficient (Wildman–Crippen LogP) is 1.16. The summed E-state index contributed by atoms with van der Waals surface area (Å²) in [4.78, 5) is 8.55. The van der Waals surface area contributed by atoms with E-state index in [2.05, 4.69) is 35.5 Å². The SMILES string of the molecule is OCCNc1nc2nonc2nc1Nc1ccccc1. The summed E-state index contributed by atoms with van der Waals surface area (Å²) in [5.41, 5.74) is 1.49. The molecule has 0 unspecified atom stereocenters. The molecule has 0 spiro atoms. The summed E-state index contributed by atoms with van der Waals surface area (Å²) in [6.45, 7) is 0.344. The highest BCUT2D eigenvalue weighted by atomic mass is 16.6. The molecular weight excluding hydrogens is 260 g/mol. The average Bonchev–Trinajstić information content (AvgIpc) is 2.93. The lowest BCUT2D eigenvalue weighted by atomic mass is 10.3. The minimum Gasteiger partial charge on any atom is -0.395 e. The molecule has 2 heterocycles. The first-order valence-corrected chi connectivity index (χ1v) is 6.04. The summed E-state index contributed by atoms with van der Waals surface area (Å²) in [6.07, 6.45) is 0.